The molecule has 0 rings (SSSR count). The van der Waals surface area contributed by atoms with Crippen LogP contribution in [0.3, 0.4) is 0 Å². The number of esters is 1. The molecule has 1 atom stereocenters. The Morgan fingerprint density at radius 3 is 2.35 bits per heavy atom. The minimum atomic E-state index is -3.73. The Morgan fingerprint density at radius 1 is 1.26 bits per heavy atom. The van der Waals surface area contributed by atoms with Gasteiger partial charge in [-0.15, -0.1) is 0 Å². The summed E-state index contributed by atoms with van der Waals surface area (Å²) in [5, 5.41) is 3.31. The first-order valence-corrected chi connectivity index (χ1v) is 8.75. The third kappa shape index (κ3) is 10.7. The maximum Gasteiger partial charge on any atom is 0.407 e. The first kappa shape index (κ1) is 21.4. The van der Waals surface area contributed by atoms with Crippen LogP contribution >= 0.6 is 0 Å². The SMILES string of the molecule is C=CS(=O)(=O)NC(CCCCNC(=O)OC(C)(C)C)C(=O)OC. The van der Waals surface area contributed by atoms with Crippen molar-refractivity contribution in [1.29, 1.82) is 0 Å². The first-order chi connectivity index (χ1) is 10.5. The molecule has 0 radical (unpaired) electrons. The summed E-state index contributed by atoms with van der Waals surface area (Å²) in [6.07, 6.45) is 0.794. The van der Waals surface area contributed by atoms with Gasteiger partial charge in [-0.25, -0.2) is 13.2 Å². The van der Waals surface area contributed by atoms with Gasteiger partial charge in [0, 0.05) is 12.0 Å². The highest BCUT2D eigenvalue weighted by molar-refractivity contribution is 7.92. The number of ether oxygens (including phenoxy) is 2. The standard InChI is InChI=1S/C14H26N2O6S/c1-6-23(19,20)16-11(12(17)21-5)9-7-8-10-15-13(18)22-14(2,3)4/h6,11,16H,1,7-10H2,2-5H3,(H,15,18). The van der Waals surface area contributed by atoms with Crippen molar-refractivity contribution in [3.05, 3.63) is 12.0 Å². The lowest BCUT2D eigenvalue weighted by Crippen LogP contribution is -2.40. The largest absolute Gasteiger partial charge is 0.468 e. The molecule has 1 unspecified atom stereocenters. The fraction of sp³-hybridized carbons (Fsp3) is 0.714. The first-order valence-electron chi connectivity index (χ1n) is 7.20. The predicted octanol–water partition coefficient (Wildman–Crippen LogP) is 1.29. The molecule has 0 aliphatic heterocycles. The van der Waals surface area contributed by atoms with Crippen LogP contribution in [0.15, 0.2) is 12.0 Å². The molecule has 0 aromatic rings. The number of hydrogen-bond donors (Lipinski definition) is 2. The van der Waals surface area contributed by atoms with Gasteiger partial charge in [0.15, 0.2) is 0 Å². The minimum absolute atomic E-state index is 0.246. The Labute approximate surface area is 137 Å². The van der Waals surface area contributed by atoms with E-state index in [4.69, 9.17) is 4.74 Å². The number of sulfonamides is 1. The predicted molar refractivity (Wildman–Crippen MR) is 86.1 cm³/mol. The van der Waals surface area contributed by atoms with E-state index in [0.29, 0.717) is 19.4 Å². The highest BCUT2D eigenvalue weighted by Gasteiger charge is 2.23. The summed E-state index contributed by atoms with van der Waals surface area (Å²) < 4.78 is 34.7. The molecular formula is C14H26N2O6S. The monoisotopic (exact) mass is 350 g/mol. The maximum absolute atomic E-state index is 11.6. The van der Waals surface area contributed by atoms with E-state index in [1.54, 1.807) is 20.8 Å². The average molecular weight is 350 g/mol. The number of nitrogens with one attached hydrogen (secondary N) is 2. The van der Waals surface area contributed by atoms with Crippen LogP contribution in [0, 0.1) is 0 Å². The van der Waals surface area contributed by atoms with Crippen molar-refractivity contribution < 1.29 is 27.5 Å². The Kier molecular flexibility index (Phi) is 8.85. The minimum Gasteiger partial charge on any atom is -0.468 e. The summed E-state index contributed by atoms with van der Waals surface area (Å²) in [7, 11) is -2.54. The summed E-state index contributed by atoms with van der Waals surface area (Å²) >= 11 is 0. The average Bonchev–Trinajstić information content (AvgIpc) is 2.42. The fourth-order valence-corrected chi connectivity index (χ4v) is 2.30. The van der Waals surface area contributed by atoms with Crippen molar-refractivity contribution in [2.75, 3.05) is 13.7 Å². The molecule has 0 aliphatic carbocycles. The topological polar surface area (TPSA) is 111 Å². The van der Waals surface area contributed by atoms with Crippen molar-refractivity contribution >= 4 is 22.1 Å². The van der Waals surface area contributed by atoms with Gasteiger partial charge in [0.2, 0.25) is 10.0 Å². The van der Waals surface area contributed by atoms with E-state index >= 15 is 0 Å². The lowest BCUT2D eigenvalue weighted by molar-refractivity contribution is -0.142. The Morgan fingerprint density at radius 2 is 1.87 bits per heavy atom. The number of amides is 1. The molecule has 0 bridgehead atoms. The second-order valence-electron chi connectivity index (χ2n) is 5.83. The molecule has 8 nitrogen and oxygen atoms in total. The van der Waals surface area contributed by atoms with Gasteiger partial charge in [0.05, 0.1) is 7.11 Å². The Hall–Kier alpha value is -1.61. The van der Waals surface area contributed by atoms with Gasteiger partial charge in [0.25, 0.3) is 0 Å². The quantitative estimate of drug-likeness (QED) is 0.479. The number of methoxy groups -OCH3 is 1. The number of carbonyl (C=O) groups is 2. The third-order valence-corrected chi connectivity index (χ3v) is 3.65. The molecule has 134 valence electrons. The van der Waals surface area contributed by atoms with Gasteiger partial charge < -0.3 is 14.8 Å². The normalized spacial score (nSPS) is 13.0. The second kappa shape index (κ2) is 9.51. The number of hydrogen-bond acceptors (Lipinski definition) is 6. The Balaban J connectivity index is 4.21. The van der Waals surface area contributed by atoms with Crippen molar-refractivity contribution in [1.82, 2.24) is 10.0 Å². The summed E-state index contributed by atoms with van der Waals surface area (Å²) in [5.41, 5.74) is -0.566. The molecular weight excluding hydrogens is 324 g/mol. The molecule has 9 heteroatoms. The summed E-state index contributed by atoms with van der Waals surface area (Å²) in [5.74, 6) is -0.671. The number of rotatable bonds is 9. The zero-order valence-corrected chi connectivity index (χ0v) is 14.9. The zero-order valence-electron chi connectivity index (χ0n) is 14.0. The molecule has 0 aliphatic rings. The van der Waals surface area contributed by atoms with Crippen molar-refractivity contribution in [3.8, 4) is 0 Å². The molecule has 0 fully saturated rings. The van der Waals surface area contributed by atoms with E-state index in [9.17, 15) is 18.0 Å². The molecule has 0 spiro atoms. The maximum atomic E-state index is 11.6. The van der Waals surface area contributed by atoms with Crippen LogP contribution in [0.1, 0.15) is 40.0 Å². The molecule has 0 heterocycles. The highest BCUT2D eigenvalue weighted by atomic mass is 32.2. The van der Waals surface area contributed by atoms with Gasteiger partial charge in [-0.1, -0.05) is 6.58 Å². The van der Waals surface area contributed by atoms with E-state index in [0.717, 1.165) is 5.41 Å². The van der Waals surface area contributed by atoms with E-state index < -0.39 is 33.7 Å². The van der Waals surface area contributed by atoms with Crippen LogP contribution in [0.25, 0.3) is 0 Å². The number of alkyl carbamates (subject to hydrolysis) is 1. The number of carbonyl (C=O) groups excluding carboxylic acids is 2. The van der Waals surface area contributed by atoms with Crippen LogP contribution < -0.4 is 10.0 Å². The molecule has 2 N–H and O–H groups in total. The Bertz CT molecular complexity index is 510. The second-order valence-corrected chi connectivity index (χ2v) is 7.49. The molecule has 0 aromatic heterocycles. The molecule has 0 saturated heterocycles. The van der Waals surface area contributed by atoms with Crippen LogP contribution in [0.4, 0.5) is 4.79 Å². The number of unbranched alkanes of at least 4 members (excludes halogenated alkanes) is 1. The van der Waals surface area contributed by atoms with Crippen molar-refractivity contribution in [2.24, 2.45) is 0 Å². The molecule has 1 amide bonds. The van der Waals surface area contributed by atoms with Crippen LogP contribution in [-0.4, -0.2) is 45.8 Å². The van der Waals surface area contributed by atoms with Crippen LogP contribution in [-0.2, 0) is 24.3 Å². The summed E-state index contributed by atoms with van der Waals surface area (Å²) in [6, 6.07) is -0.982. The van der Waals surface area contributed by atoms with Crippen LogP contribution in [0.2, 0.25) is 0 Å². The summed E-state index contributed by atoms with van der Waals surface area (Å²) in [4.78, 5) is 23.0. The van der Waals surface area contributed by atoms with Gasteiger partial charge in [-0.05, 0) is 40.0 Å². The van der Waals surface area contributed by atoms with E-state index in [1.165, 1.54) is 7.11 Å². The van der Waals surface area contributed by atoms with E-state index in [1.807, 2.05) is 0 Å². The van der Waals surface area contributed by atoms with E-state index in [2.05, 4.69) is 21.4 Å². The van der Waals surface area contributed by atoms with Crippen molar-refractivity contribution in [3.63, 3.8) is 0 Å². The highest BCUT2D eigenvalue weighted by Crippen LogP contribution is 2.07. The molecule has 23 heavy (non-hydrogen) atoms. The van der Waals surface area contributed by atoms with Gasteiger partial charge >= 0.3 is 12.1 Å². The lowest BCUT2D eigenvalue weighted by Gasteiger charge is -2.19. The van der Waals surface area contributed by atoms with E-state index in [-0.39, 0.29) is 6.42 Å². The fourth-order valence-electron chi connectivity index (χ4n) is 1.59. The van der Waals surface area contributed by atoms with Gasteiger partial charge in [0.1, 0.15) is 11.6 Å². The zero-order chi connectivity index (χ0) is 18.1. The van der Waals surface area contributed by atoms with Crippen LogP contribution in [0.5, 0.6) is 0 Å². The molecule has 0 saturated carbocycles. The smallest absolute Gasteiger partial charge is 0.407 e. The van der Waals surface area contributed by atoms with Gasteiger partial charge in [-0.3, -0.25) is 4.79 Å². The summed E-state index contributed by atoms with van der Waals surface area (Å²) in [6.45, 7) is 8.81. The molecule has 0 aromatic carbocycles. The van der Waals surface area contributed by atoms with Crippen molar-refractivity contribution in [2.45, 2.75) is 51.7 Å². The third-order valence-electron chi connectivity index (χ3n) is 2.60. The van der Waals surface area contributed by atoms with Gasteiger partial charge in [-0.2, -0.15) is 4.72 Å². The lowest BCUT2D eigenvalue weighted by atomic mass is 10.1.